The van der Waals surface area contributed by atoms with Crippen LogP contribution in [0, 0.1) is 5.92 Å². The third kappa shape index (κ3) is 7.75. The van der Waals surface area contributed by atoms with Crippen LogP contribution in [0.15, 0.2) is 41.6 Å². The molecule has 0 fully saturated rings. The van der Waals surface area contributed by atoms with Gasteiger partial charge in [-0.1, -0.05) is 72.0 Å². The van der Waals surface area contributed by atoms with Gasteiger partial charge in [-0.15, -0.1) is 10.2 Å². The lowest BCUT2D eigenvalue weighted by molar-refractivity contribution is -0.113. The van der Waals surface area contributed by atoms with Gasteiger partial charge in [-0.05, 0) is 48.7 Å². The molecule has 12 heteroatoms. The molecular weight excluding hydrogens is 552 g/mol. The zero-order valence-electron chi connectivity index (χ0n) is 19.1. The van der Waals surface area contributed by atoms with Crippen molar-refractivity contribution in [2.24, 2.45) is 13.0 Å². The van der Waals surface area contributed by atoms with E-state index < -0.39 is 6.04 Å². The number of halogens is 4. The second kappa shape index (κ2) is 12.3. The van der Waals surface area contributed by atoms with Crippen molar-refractivity contribution in [1.82, 2.24) is 20.1 Å². The highest BCUT2D eigenvalue weighted by Gasteiger charge is 2.24. The topological polar surface area (TPSA) is 88.9 Å². The molecule has 1 aromatic heterocycles. The van der Waals surface area contributed by atoms with E-state index >= 15 is 0 Å². The first-order valence-corrected chi connectivity index (χ1v) is 13.1. The summed E-state index contributed by atoms with van der Waals surface area (Å²) in [6.07, 6.45) is 0.629. The Balaban J connectivity index is 1.70. The van der Waals surface area contributed by atoms with Gasteiger partial charge in [0.1, 0.15) is 0 Å². The molecule has 1 atom stereocenters. The van der Waals surface area contributed by atoms with Crippen LogP contribution >= 0.6 is 58.2 Å². The number of carbonyl (C=O) groups excluding carboxylic acids is 2. The average molecular weight is 575 g/mol. The number of anilines is 1. The van der Waals surface area contributed by atoms with Gasteiger partial charge in [-0.2, -0.15) is 0 Å². The maximum atomic E-state index is 12.9. The normalized spacial score (nSPS) is 12.0. The van der Waals surface area contributed by atoms with Gasteiger partial charge in [0, 0.05) is 27.8 Å². The summed E-state index contributed by atoms with van der Waals surface area (Å²) in [7, 11) is 1.79. The maximum absolute atomic E-state index is 12.9. The third-order valence-corrected chi connectivity index (χ3v) is 6.85. The fraction of sp³-hybridized carbons (Fsp3) is 0.304. The number of nitrogens with one attached hydrogen (secondary N) is 2. The van der Waals surface area contributed by atoms with E-state index in [4.69, 9.17) is 46.4 Å². The van der Waals surface area contributed by atoms with Crippen molar-refractivity contribution >= 4 is 75.7 Å². The minimum atomic E-state index is -0.413. The first-order valence-electron chi connectivity index (χ1n) is 10.6. The molecule has 0 aliphatic heterocycles. The monoisotopic (exact) mass is 573 g/mol. The summed E-state index contributed by atoms with van der Waals surface area (Å²) in [4.78, 5) is 25.3. The summed E-state index contributed by atoms with van der Waals surface area (Å²) >= 11 is 25.3. The highest BCUT2D eigenvalue weighted by atomic mass is 35.5. The standard InChI is InChI=1S/C23H23Cl4N5O2S/c1-12(2)6-19(29-22(34)17-5-4-13(24)10-18(17)27)21-30-31-23(32(21)3)35-11-20(33)28-16-8-14(25)7-15(26)9-16/h4-5,7-10,12,19H,6,11H2,1-3H3,(H,28,33)(H,29,34)/t19-/m1/s1. The fourth-order valence-corrected chi connectivity index (χ4v) is 5.06. The molecule has 2 N–H and O–H groups in total. The number of benzene rings is 2. The van der Waals surface area contributed by atoms with Crippen molar-refractivity contribution < 1.29 is 9.59 Å². The van der Waals surface area contributed by atoms with Crippen molar-refractivity contribution in [2.45, 2.75) is 31.5 Å². The molecule has 3 rings (SSSR count). The van der Waals surface area contributed by atoms with Crippen molar-refractivity contribution in [3.05, 3.63) is 67.9 Å². The number of carbonyl (C=O) groups is 2. The largest absolute Gasteiger partial charge is 0.342 e. The molecule has 1 heterocycles. The predicted molar refractivity (Wildman–Crippen MR) is 143 cm³/mol. The Morgan fingerprint density at radius 2 is 1.69 bits per heavy atom. The lowest BCUT2D eigenvalue weighted by Gasteiger charge is -2.20. The number of amides is 2. The van der Waals surface area contributed by atoms with Gasteiger partial charge in [-0.3, -0.25) is 9.59 Å². The van der Waals surface area contributed by atoms with Crippen LogP contribution in [-0.2, 0) is 11.8 Å². The Labute approximate surface area is 227 Å². The van der Waals surface area contributed by atoms with Crippen molar-refractivity contribution in [2.75, 3.05) is 11.1 Å². The van der Waals surface area contributed by atoms with E-state index in [1.807, 2.05) is 13.8 Å². The first-order chi connectivity index (χ1) is 16.5. The van der Waals surface area contributed by atoms with Crippen LogP contribution in [0.25, 0.3) is 0 Å². The molecule has 0 saturated carbocycles. The van der Waals surface area contributed by atoms with Gasteiger partial charge in [0.15, 0.2) is 11.0 Å². The molecule has 0 spiro atoms. The highest BCUT2D eigenvalue weighted by Crippen LogP contribution is 2.27. The SMILES string of the molecule is CC(C)C[C@@H](NC(=O)c1ccc(Cl)cc1Cl)c1nnc(SCC(=O)Nc2cc(Cl)cc(Cl)c2)n1C. The van der Waals surface area contributed by atoms with Gasteiger partial charge in [0.25, 0.3) is 5.91 Å². The molecule has 0 aliphatic rings. The van der Waals surface area contributed by atoms with E-state index in [-0.39, 0.29) is 28.5 Å². The Morgan fingerprint density at radius 3 is 2.31 bits per heavy atom. The number of thioether (sulfide) groups is 1. The van der Waals surface area contributed by atoms with E-state index in [1.165, 1.54) is 17.8 Å². The van der Waals surface area contributed by atoms with E-state index in [1.54, 1.807) is 41.9 Å². The van der Waals surface area contributed by atoms with E-state index in [0.29, 0.717) is 43.7 Å². The van der Waals surface area contributed by atoms with Gasteiger partial charge in [-0.25, -0.2) is 0 Å². The van der Waals surface area contributed by atoms with E-state index in [9.17, 15) is 9.59 Å². The molecule has 0 aliphatic carbocycles. The Kier molecular flexibility index (Phi) is 9.72. The zero-order valence-corrected chi connectivity index (χ0v) is 23.0. The van der Waals surface area contributed by atoms with Gasteiger partial charge >= 0.3 is 0 Å². The Hall–Kier alpha value is -1.97. The molecule has 2 aromatic carbocycles. The van der Waals surface area contributed by atoms with E-state index in [2.05, 4.69) is 20.8 Å². The fourth-order valence-electron chi connectivity index (χ4n) is 3.32. The van der Waals surface area contributed by atoms with Gasteiger partial charge in [0.2, 0.25) is 5.91 Å². The average Bonchev–Trinajstić information content (AvgIpc) is 3.10. The Bertz CT molecular complexity index is 1210. The van der Waals surface area contributed by atoms with Crippen molar-refractivity contribution in [3.8, 4) is 0 Å². The molecule has 0 saturated heterocycles. The highest BCUT2D eigenvalue weighted by molar-refractivity contribution is 7.99. The van der Waals surface area contributed by atoms with Crippen LogP contribution in [0.1, 0.15) is 42.5 Å². The molecule has 0 unspecified atom stereocenters. The zero-order chi connectivity index (χ0) is 25.7. The third-order valence-electron chi connectivity index (χ3n) is 4.85. The molecule has 35 heavy (non-hydrogen) atoms. The van der Waals surface area contributed by atoms with Crippen LogP contribution in [0.5, 0.6) is 0 Å². The van der Waals surface area contributed by atoms with Crippen molar-refractivity contribution in [1.29, 1.82) is 0 Å². The van der Waals surface area contributed by atoms with Crippen LogP contribution in [0.2, 0.25) is 20.1 Å². The first kappa shape index (κ1) is 27.6. The summed E-state index contributed by atoms with van der Waals surface area (Å²) in [5.74, 6) is 0.347. The number of aromatic nitrogens is 3. The van der Waals surface area contributed by atoms with Gasteiger partial charge in [0.05, 0.1) is 22.4 Å². The predicted octanol–water partition coefficient (Wildman–Crippen LogP) is 6.68. The molecule has 3 aromatic rings. The maximum Gasteiger partial charge on any atom is 0.253 e. The molecule has 0 radical (unpaired) electrons. The summed E-state index contributed by atoms with van der Waals surface area (Å²) < 4.78 is 1.77. The van der Waals surface area contributed by atoms with Crippen LogP contribution in [0.4, 0.5) is 5.69 Å². The second-order valence-electron chi connectivity index (χ2n) is 8.17. The quantitative estimate of drug-likeness (QED) is 0.278. The van der Waals surface area contributed by atoms with Crippen LogP contribution in [-0.4, -0.2) is 32.3 Å². The number of nitrogens with zero attached hydrogens (tertiary/aromatic N) is 3. The summed E-state index contributed by atoms with van der Waals surface area (Å²) in [5, 5.41) is 16.4. The molecule has 2 amide bonds. The van der Waals surface area contributed by atoms with Gasteiger partial charge < -0.3 is 15.2 Å². The Morgan fingerprint density at radius 1 is 1.00 bits per heavy atom. The van der Waals surface area contributed by atoms with E-state index in [0.717, 1.165) is 0 Å². The number of rotatable bonds is 9. The minimum absolute atomic E-state index is 0.0949. The summed E-state index contributed by atoms with van der Waals surface area (Å²) in [6.45, 7) is 4.10. The molecule has 0 bridgehead atoms. The smallest absolute Gasteiger partial charge is 0.253 e. The summed E-state index contributed by atoms with van der Waals surface area (Å²) in [5.41, 5.74) is 0.826. The van der Waals surface area contributed by atoms with Crippen LogP contribution in [0.3, 0.4) is 0 Å². The number of hydrogen-bond donors (Lipinski definition) is 2. The number of hydrogen-bond acceptors (Lipinski definition) is 5. The minimum Gasteiger partial charge on any atom is -0.342 e. The lowest BCUT2D eigenvalue weighted by atomic mass is 10.0. The molecule has 7 nitrogen and oxygen atoms in total. The van der Waals surface area contributed by atoms with Crippen LogP contribution < -0.4 is 10.6 Å². The summed E-state index contributed by atoms with van der Waals surface area (Å²) in [6, 6.07) is 9.11. The molecular formula is C23H23Cl4N5O2S. The second-order valence-corrected chi connectivity index (χ2v) is 10.8. The molecule has 186 valence electrons. The lowest BCUT2D eigenvalue weighted by Crippen LogP contribution is -2.31. The van der Waals surface area contributed by atoms with Crippen molar-refractivity contribution in [3.63, 3.8) is 0 Å².